The molecule has 0 amide bonds. The van der Waals surface area contributed by atoms with Gasteiger partial charge in [0.15, 0.2) is 0 Å². The molecule has 0 aliphatic heterocycles. The molecule has 0 unspecified atom stereocenters. The summed E-state index contributed by atoms with van der Waals surface area (Å²) in [6, 6.07) is 38.6. The third-order valence-electron chi connectivity index (χ3n) is 5.22. The standard InChI is InChI=1S/C18H15OSi.C7H5Cl3O.Zn/c19-20(16-10-4-1-5-11-16,17-12-6-2-7-13-17)18-14-8-3-9-15-18;8-7(9,10)5-1-3-6(11)4-2-5;/h1-15H;1-4,11H;/q-1;;+2/p-1. The third kappa shape index (κ3) is 5.28. The van der Waals surface area contributed by atoms with Crippen LogP contribution in [0, 0.1) is 0 Å². The first-order valence-electron chi connectivity index (χ1n) is 10.1. The van der Waals surface area contributed by atoms with Crippen molar-refractivity contribution in [3.8, 4) is 5.75 Å². The van der Waals surface area contributed by atoms with Crippen LogP contribution in [0.15, 0.2) is 115 Å². The molecule has 32 heavy (non-hydrogen) atoms. The van der Waals surface area contributed by atoms with E-state index in [1.165, 1.54) is 15.6 Å². The fourth-order valence-electron chi connectivity index (χ4n) is 3.69. The van der Waals surface area contributed by atoms with Crippen molar-refractivity contribution in [3.05, 3.63) is 121 Å². The molecule has 0 aliphatic rings. The van der Waals surface area contributed by atoms with Gasteiger partial charge in [0.1, 0.15) is 0 Å². The predicted molar refractivity (Wildman–Crippen MR) is 131 cm³/mol. The summed E-state index contributed by atoms with van der Waals surface area (Å²) >= 11 is 16.0. The van der Waals surface area contributed by atoms with Gasteiger partial charge in [-0.3, -0.25) is 0 Å². The van der Waals surface area contributed by atoms with Crippen LogP contribution in [-0.2, 0) is 24.9 Å². The Hall–Kier alpha value is -1.65. The van der Waals surface area contributed by atoms with E-state index in [0.29, 0.717) is 5.56 Å². The molecule has 0 saturated carbocycles. The monoisotopic (exact) mass is 548 g/mol. The van der Waals surface area contributed by atoms with E-state index in [2.05, 4.69) is 72.8 Å². The van der Waals surface area contributed by atoms with Crippen LogP contribution in [0.2, 0.25) is 0 Å². The molecular weight excluding hydrogens is 532 g/mol. The van der Waals surface area contributed by atoms with Gasteiger partial charge >= 0.3 is 214 Å². The van der Waals surface area contributed by atoms with Crippen LogP contribution in [0.5, 0.6) is 5.75 Å². The van der Waals surface area contributed by atoms with E-state index in [0.717, 1.165) is 5.75 Å². The molecule has 4 aromatic rings. The molecule has 7 heteroatoms. The molecule has 4 aromatic carbocycles. The number of rotatable bonds is 7. The number of benzene rings is 4. The van der Waals surface area contributed by atoms with E-state index in [9.17, 15) is 0 Å². The Morgan fingerprint density at radius 2 is 0.969 bits per heavy atom. The summed E-state index contributed by atoms with van der Waals surface area (Å²) in [6.45, 7) is 0. The molecule has 0 atom stereocenters. The Morgan fingerprint density at radius 1 is 0.562 bits per heavy atom. The van der Waals surface area contributed by atoms with Gasteiger partial charge in [-0.25, -0.2) is 0 Å². The quantitative estimate of drug-likeness (QED) is 0.172. The molecule has 158 valence electrons. The van der Waals surface area contributed by atoms with Gasteiger partial charge in [-0.1, -0.05) is 0 Å². The van der Waals surface area contributed by atoms with Crippen LogP contribution in [-0.4, -0.2) is 8.32 Å². The van der Waals surface area contributed by atoms with Gasteiger partial charge in [0.2, 0.25) is 0 Å². The van der Waals surface area contributed by atoms with Crippen molar-refractivity contribution in [2.24, 2.45) is 0 Å². The summed E-state index contributed by atoms with van der Waals surface area (Å²) in [5.41, 5.74) is 0.602. The number of hydrogen-bond donors (Lipinski definition) is 0. The van der Waals surface area contributed by atoms with E-state index in [1.807, 2.05) is 30.3 Å². The second-order valence-electron chi connectivity index (χ2n) is 7.21. The summed E-state index contributed by atoms with van der Waals surface area (Å²) in [4.78, 5) is 0. The maximum absolute atomic E-state index is 6.92. The summed E-state index contributed by atoms with van der Waals surface area (Å²) < 4.78 is 11.6. The van der Waals surface area contributed by atoms with Crippen LogP contribution >= 0.6 is 34.8 Å². The van der Waals surface area contributed by atoms with E-state index in [-0.39, 0.29) is 0 Å². The molecule has 0 aliphatic carbocycles. The summed E-state index contributed by atoms with van der Waals surface area (Å²) in [5, 5.41) is 3.58. The van der Waals surface area contributed by atoms with Crippen molar-refractivity contribution >= 4 is 58.7 Å². The molecule has 0 radical (unpaired) electrons. The first-order valence-corrected chi connectivity index (χ1v) is 15.6. The first-order chi connectivity index (χ1) is 15.5. The molecule has 0 saturated heterocycles. The summed E-state index contributed by atoms with van der Waals surface area (Å²) in [5.74, 6) is 0.722. The van der Waals surface area contributed by atoms with Gasteiger partial charge < -0.3 is 0 Å². The van der Waals surface area contributed by atoms with Gasteiger partial charge in [-0.15, -0.1) is 0 Å². The van der Waals surface area contributed by atoms with Crippen molar-refractivity contribution in [1.82, 2.24) is 0 Å². The van der Waals surface area contributed by atoms with Crippen molar-refractivity contribution in [3.63, 3.8) is 0 Å². The Kier molecular flexibility index (Phi) is 7.73. The normalized spacial score (nSPS) is 11.6. The van der Waals surface area contributed by atoms with Gasteiger partial charge in [-0.05, 0) is 0 Å². The van der Waals surface area contributed by atoms with Crippen molar-refractivity contribution in [2.45, 2.75) is 3.79 Å². The number of hydrogen-bond acceptors (Lipinski definition) is 2. The predicted octanol–water partition coefficient (Wildman–Crippen LogP) is 5.49. The Morgan fingerprint density at radius 3 is 1.34 bits per heavy atom. The average molecular weight is 551 g/mol. The molecule has 0 heterocycles. The van der Waals surface area contributed by atoms with Crippen molar-refractivity contribution < 1.29 is 24.7 Å². The van der Waals surface area contributed by atoms with Crippen LogP contribution in [0.1, 0.15) is 5.56 Å². The molecule has 0 N–H and O–H groups in total. The van der Waals surface area contributed by atoms with E-state index in [4.69, 9.17) is 41.6 Å². The zero-order chi connectivity index (χ0) is 22.4. The van der Waals surface area contributed by atoms with Crippen LogP contribution in [0.25, 0.3) is 0 Å². The molecule has 4 rings (SSSR count). The molecule has 0 aromatic heterocycles. The molecule has 0 fully saturated rings. The van der Waals surface area contributed by atoms with Crippen LogP contribution < -0.4 is 19.1 Å². The Bertz CT molecular complexity index is 1030. The first kappa shape index (κ1) is 23.5. The summed E-state index contributed by atoms with van der Waals surface area (Å²) in [6.07, 6.45) is 0. The molecule has 0 spiro atoms. The fraction of sp³-hybridized carbons (Fsp3) is 0.0400. The topological polar surface area (TPSA) is 18.5 Å². The van der Waals surface area contributed by atoms with Crippen LogP contribution in [0.3, 0.4) is 0 Å². The average Bonchev–Trinajstić information content (AvgIpc) is 2.83. The van der Waals surface area contributed by atoms with Gasteiger partial charge in [0, 0.05) is 0 Å². The molecule has 0 bridgehead atoms. The Labute approximate surface area is 212 Å². The third-order valence-corrected chi connectivity index (χ3v) is 14.3. The zero-order valence-electron chi connectivity index (χ0n) is 17.1. The summed E-state index contributed by atoms with van der Waals surface area (Å²) in [7, 11) is -2.72. The van der Waals surface area contributed by atoms with Gasteiger partial charge in [0.05, 0.1) is 0 Å². The SMILES string of the molecule is ClC(Cl)(Cl)c1ccc([O][Zn][O][Si](c2ccccc2)(c2ccccc2)c2ccccc2)cc1. The maximum atomic E-state index is 6.92. The van der Waals surface area contributed by atoms with Gasteiger partial charge in [0.25, 0.3) is 0 Å². The van der Waals surface area contributed by atoms with Crippen molar-refractivity contribution in [2.75, 3.05) is 0 Å². The second-order valence-corrected chi connectivity index (χ2v) is 15.8. The molecule has 2 nitrogen and oxygen atoms in total. The zero-order valence-corrected chi connectivity index (χ0v) is 23.4. The number of alkyl halides is 3. The van der Waals surface area contributed by atoms with E-state index < -0.39 is 30.0 Å². The number of halogens is 3. The molecular formula is C25H19Cl3O2SiZn. The Balaban J connectivity index is 1.68. The van der Waals surface area contributed by atoms with E-state index >= 15 is 0 Å². The van der Waals surface area contributed by atoms with Gasteiger partial charge in [-0.2, -0.15) is 0 Å². The second kappa shape index (κ2) is 10.5. The fourth-order valence-corrected chi connectivity index (χ4v) is 13.1. The van der Waals surface area contributed by atoms with Crippen molar-refractivity contribution in [1.29, 1.82) is 0 Å². The van der Waals surface area contributed by atoms with Crippen LogP contribution in [0.4, 0.5) is 0 Å². The minimum absolute atomic E-state index is 0.602. The minimum atomic E-state index is -2.72. The van der Waals surface area contributed by atoms with E-state index in [1.54, 1.807) is 12.1 Å².